The molecule has 2 unspecified atom stereocenters. The second kappa shape index (κ2) is 6.28. The molecule has 0 spiro atoms. The van der Waals surface area contributed by atoms with E-state index < -0.39 is 22.5 Å². The first kappa shape index (κ1) is 14.9. The van der Waals surface area contributed by atoms with Crippen molar-refractivity contribution >= 4 is 5.69 Å². The van der Waals surface area contributed by atoms with Gasteiger partial charge in [-0.2, -0.15) is 4.39 Å². The summed E-state index contributed by atoms with van der Waals surface area (Å²) in [6.45, 7) is 3.45. The van der Waals surface area contributed by atoms with Crippen LogP contribution in [0.2, 0.25) is 0 Å². The molecule has 6 heteroatoms. The minimum Gasteiger partial charge on any atom is -0.387 e. The molecule has 1 fully saturated rings. The normalized spacial score (nSPS) is 21.6. The molecule has 110 valence electrons. The summed E-state index contributed by atoms with van der Waals surface area (Å²) in [7, 11) is 0. The first-order valence-corrected chi connectivity index (χ1v) is 6.85. The molecule has 2 rings (SSSR count). The van der Waals surface area contributed by atoms with E-state index in [0.29, 0.717) is 18.2 Å². The van der Waals surface area contributed by atoms with Gasteiger partial charge in [0.25, 0.3) is 0 Å². The van der Waals surface area contributed by atoms with Crippen molar-refractivity contribution in [2.45, 2.75) is 38.3 Å². The summed E-state index contributed by atoms with van der Waals surface area (Å²) in [5.41, 5.74) is -0.205. The van der Waals surface area contributed by atoms with Gasteiger partial charge in [0, 0.05) is 18.7 Å². The van der Waals surface area contributed by atoms with Gasteiger partial charge in [0.15, 0.2) is 0 Å². The SMILES string of the molecule is CC1CCCCN1CC(O)c1ccc(F)c([N+](=O)[O-])c1. The lowest BCUT2D eigenvalue weighted by Crippen LogP contribution is -2.40. The lowest BCUT2D eigenvalue weighted by atomic mass is 10.0. The summed E-state index contributed by atoms with van der Waals surface area (Å²) in [4.78, 5) is 12.1. The van der Waals surface area contributed by atoms with E-state index >= 15 is 0 Å². The Kier molecular flexibility index (Phi) is 4.67. The Hall–Kier alpha value is -1.53. The van der Waals surface area contributed by atoms with Crippen LogP contribution in [0.15, 0.2) is 18.2 Å². The number of halogens is 1. The predicted molar refractivity (Wildman–Crippen MR) is 72.9 cm³/mol. The van der Waals surface area contributed by atoms with E-state index in [4.69, 9.17) is 0 Å². The Morgan fingerprint density at radius 2 is 2.30 bits per heavy atom. The number of piperidine rings is 1. The molecule has 1 aliphatic rings. The number of nitro groups is 1. The quantitative estimate of drug-likeness (QED) is 0.681. The fraction of sp³-hybridized carbons (Fsp3) is 0.571. The van der Waals surface area contributed by atoms with Crippen LogP contribution in [0.4, 0.5) is 10.1 Å². The maximum atomic E-state index is 13.3. The lowest BCUT2D eigenvalue weighted by molar-refractivity contribution is -0.387. The van der Waals surface area contributed by atoms with Crippen LogP contribution in [0, 0.1) is 15.9 Å². The van der Waals surface area contributed by atoms with E-state index in [9.17, 15) is 19.6 Å². The van der Waals surface area contributed by atoms with Gasteiger partial charge in [0.2, 0.25) is 5.82 Å². The largest absolute Gasteiger partial charge is 0.387 e. The number of likely N-dealkylation sites (tertiary alicyclic amines) is 1. The standard InChI is InChI=1S/C14H19FN2O3/c1-10-4-2-3-7-16(10)9-14(18)11-5-6-12(15)13(8-11)17(19)20/h5-6,8,10,14,18H,2-4,7,9H2,1H3. The van der Waals surface area contributed by atoms with E-state index in [2.05, 4.69) is 11.8 Å². The molecule has 0 aliphatic carbocycles. The van der Waals surface area contributed by atoms with Crippen LogP contribution in [0.25, 0.3) is 0 Å². The lowest BCUT2D eigenvalue weighted by Gasteiger charge is -2.34. The third kappa shape index (κ3) is 3.32. The van der Waals surface area contributed by atoms with Gasteiger partial charge in [0.1, 0.15) is 0 Å². The van der Waals surface area contributed by atoms with Gasteiger partial charge in [-0.15, -0.1) is 0 Å². The topological polar surface area (TPSA) is 66.6 Å². The number of hydrogen-bond acceptors (Lipinski definition) is 4. The molecular formula is C14H19FN2O3. The number of hydrogen-bond donors (Lipinski definition) is 1. The summed E-state index contributed by atoms with van der Waals surface area (Å²) in [5, 5.41) is 20.9. The van der Waals surface area contributed by atoms with Gasteiger partial charge in [-0.3, -0.25) is 15.0 Å². The van der Waals surface area contributed by atoms with Gasteiger partial charge < -0.3 is 5.11 Å². The zero-order valence-corrected chi connectivity index (χ0v) is 11.5. The minimum atomic E-state index is -0.878. The van der Waals surface area contributed by atoms with Crippen LogP contribution in [-0.4, -0.2) is 34.1 Å². The minimum absolute atomic E-state index is 0.385. The number of β-amino-alcohol motifs (C(OH)–C–C–N with tert-alkyl or cyclic N) is 1. The van der Waals surface area contributed by atoms with E-state index in [1.165, 1.54) is 12.5 Å². The van der Waals surface area contributed by atoms with Crippen molar-refractivity contribution in [1.29, 1.82) is 0 Å². The highest BCUT2D eigenvalue weighted by molar-refractivity contribution is 5.37. The number of aliphatic hydroxyl groups is 1. The van der Waals surface area contributed by atoms with E-state index in [1.807, 2.05) is 0 Å². The van der Waals surface area contributed by atoms with Gasteiger partial charge in [-0.1, -0.05) is 12.5 Å². The highest BCUT2D eigenvalue weighted by Crippen LogP contribution is 2.25. The molecular weight excluding hydrogens is 263 g/mol. The number of benzene rings is 1. The molecule has 0 amide bonds. The van der Waals surface area contributed by atoms with E-state index in [0.717, 1.165) is 31.5 Å². The maximum absolute atomic E-state index is 13.3. The summed E-state index contributed by atoms with van der Waals surface area (Å²) in [6.07, 6.45) is 2.54. The summed E-state index contributed by atoms with van der Waals surface area (Å²) in [5.74, 6) is -0.878. The molecule has 1 heterocycles. The van der Waals surface area contributed by atoms with Crippen molar-refractivity contribution in [3.05, 3.63) is 39.7 Å². The third-order valence-corrected chi connectivity index (χ3v) is 3.90. The Bertz CT molecular complexity index is 495. The van der Waals surface area contributed by atoms with Gasteiger partial charge >= 0.3 is 5.69 Å². The molecule has 2 atom stereocenters. The number of rotatable bonds is 4. The average molecular weight is 282 g/mol. The molecule has 1 aromatic carbocycles. The van der Waals surface area contributed by atoms with Gasteiger partial charge in [0.05, 0.1) is 11.0 Å². The highest BCUT2D eigenvalue weighted by atomic mass is 19.1. The second-order valence-electron chi connectivity index (χ2n) is 5.32. The fourth-order valence-electron chi connectivity index (χ4n) is 2.63. The first-order chi connectivity index (χ1) is 9.49. The van der Waals surface area contributed by atoms with Crippen molar-refractivity contribution in [1.82, 2.24) is 4.90 Å². The summed E-state index contributed by atoms with van der Waals surface area (Å²) in [6, 6.07) is 3.96. The third-order valence-electron chi connectivity index (χ3n) is 3.90. The van der Waals surface area contributed by atoms with E-state index in [-0.39, 0.29) is 0 Å². The number of nitrogens with zero attached hydrogens (tertiary/aromatic N) is 2. The molecule has 0 radical (unpaired) electrons. The number of aliphatic hydroxyl groups excluding tert-OH is 1. The Balaban J connectivity index is 2.10. The molecule has 1 aromatic rings. The van der Waals surface area contributed by atoms with Crippen LogP contribution in [0.1, 0.15) is 37.9 Å². The van der Waals surface area contributed by atoms with Crippen LogP contribution in [0.3, 0.4) is 0 Å². The highest BCUT2D eigenvalue weighted by Gasteiger charge is 2.23. The Labute approximate surface area is 117 Å². The number of nitro benzene ring substituents is 1. The average Bonchev–Trinajstić information content (AvgIpc) is 2.41. The van der Waals surface area contributed by atoms with Gasteiger partial charge in [-0.05, 0) is 37.9 Å². The fourth-order valence-corrected chi connectivity index (χ4v) is 2.63. The molecule has 0 saturated carbocycles. The molecule has 5 nitrogen and oxygen atoms in total. The maximum Gasteiger partial charge on any atom is 0.305 e. The van der Waals surface area contributed by atoms with Crippen molar-refractivity contribution in [3.63, 3.8) is 0 Å². The Morgan fingerprint density at radius 1 is 1.55 bits per heavy atom. The molecule has 1 saturated heterocycles. The summed E-state index contributed by atoms with van der Waals surface area (Å²) < 4.78 is 13.3. The van der Waals surface area contributed by atoms with Crippen molar-refractivity contribution < 1.29 is 14.4 Å². The molecule has 0 bridgehead atoms. The van der Waals surface area contributed by atoms with Crippen molar-refractivity contribution in [2.75, 3.05) is 13.1 Å². The smallest absolute Gasteiger partial charge is 0.305 e. The predicted octanol–water partition coefficient (Wildman–Crippen LogP) is 2.64. The van der Waals surface area contributed by atoms with Crippen LogP contribution in [-0.2, 0) is 0 Å². The van der Waals surface area contributed by atoms with Crippen molar-refractivity contribution in [2.24, 2.45) is 0 Å². The van der Waals surface area contributed by atoms with Crippen molar-refractivity contribution in [3.8, 4) is 0 Å². The van der Waals surface area contributed by atoms with Crippen LogP contribution < -0.4 is 0 Å². The zero-order valence-electron chi connectivity index (χ0n) is 11.5. The zero-order chi connectivity index (χ0) is 14.7. The van der Waals surface area contributed by atoms with Crippen LogP contribution >= 0.6 is 0 Å². The van der Waals surface area contributed by atoms with Crippen LogP contribution in [0.5, 0.6) is 0 Å². The summed E-state index contributed by atoms with van der Waals surface area (Å²) >= 11 is 0. The Morgan fingerprint density at radius 3 is 2.95 bits per heavy atom. The molecule has 20 heavy (non-hydrogen) atoms. The second-order valence-corrected chi connectivity index (χ2v) is 5.32. The molecule has 1 aliphatic heterocycles. The van der Waals surface area contributed by atoms with Gasteiger partial charge in [-0.25, -0.2) is 0 Å². The first-order valence-electron chi connectivity index (χ1n) is 6.85. The van der Waals surface area contributed by atoms with E-state index in [1.54, 1.807) is 0 Å². The molecule has 0 aromatic heterocycles. The molecule has 1 N–H and O–H groups in total. The monoisotopic (exact) mass is 282 g/mol.